The van der Waals surface area contributed by atoms with Gasteiger partial charge in [-0.3, -0.25) is 18.3 Å². The number of fused-ring (bicyclic) bond motifs is 3. The van der Waals surface area contributed by atoms with E-state index >= 15 is 0 Å². The van der Waals surface area contributed by atoms with E-state index in [1.807, 2.05) is 36.4 Å². The Morgan fingerprint density at radius 3 is 2.39 bits per heavy atom. The van der Waals surface area contributed by atoms with Crippen LogP contribution in [0.2, 0.25) is 0 Å². The summed E-state index contributed by atoms with van der Waals surface area (Å²) in [5.41, 5.74) is 3.49. The lowest BCUT2D eigenvalue weighted by Gasteiger charge is -2.09. The fourth-order valence-corrected chi connectivity index (χ4v) is 4.23. The summed E-state index contributed by atoms with van der Waals surface area (Å²) in [7, 11) is 3.37. The first-order valence-corrected chi connectivity index (χ1v) is 10.7. The van der Waals surface area contributed by atoms with Crippen LogP contribution in [-0.2, 0) is 31.3 Å². The quantitative estimate of drug-likeness (QED) is 0.408. The number of ether oxygens (including phenoxy) is 1. The van der Waals surface area contributed by atoms with Crippen molar-refractivity contribution in [3.8, 4) is 0 Å². The summed E-state index contributed by atoms with van der Waals surface area (Å²) in [5.74, 6) is 0.690. The van der Waals surface area contributed by atoms with Crippen LogP contribution in [0.25, 0.3) is 16.9 Å². The second kappa shape index (κ2) is 8.55. The van der Waals surface area contributed by atoms with Crippen LogP contribution in [0.3, 0.4) is 0 Å². The molecule has 3 heterocycles. The highest BCUT2D eigenvalue weighted by Crippen LogP contribution is 2.21. The van der Waals surface area contributed by atoms with E-state index in [9.17, 15) is 9.59 Å². The van der Waals surface area contributed by atoms with Crippen LogP contribution < -0.4 is 11.2 Å². The zero-order valence-corrected chi connectivity index (χ0v) is 18.6. The lowest BCUT2D eigenvalue weighted by molar-refractivity contribution is 0.190. The minimum atomic E-state index is -0.327. The van der Waals surface area contributed by atoms with E-state index < -0.39 is 0 Å². The summed E-state index contributed by atoms with van der Waals surface area (Å²) < 4.78 is 12.0. The van der Waals surface area contributed by atoms with Crippen molar-refractivity contribution in [1.29, 1.82) is 0 Å². The number of hydrogen-bond acceptors (Lipinski definition) is 4. The fraction of sp³-hybridized carbons (Fsp3) is 0.435. The first-order chi connectivity index (χ1) is 15.0. The highest BCUT2D eigenvalue weighted by molar-refractivity contribution is 5.76. The van der Waals surface area contributed by atoms with Crippen molar-refractivity contribution in [2.45, 2.75) is 46.2 Å². The molecule has 4 rings (SSSR count). The molecule has 0 saturated carbocycles. The molecule has 8 heteroatoms. The van der Waals surface area contributed by atoms with Crippen LogP contribution >= 0.6 is 0 Å². The molecule has 4 aromatic rings. The molecule has 0 amide bonds. The Bertz CT molecular complexity index is 1340. The van der Waals surface area contributed by atoms with E-state index in [4.69, 9.17) is 9.72 Å². The second-order valence-electron chi connectivity index (χ2n) is 7.98. The van der Waals surface area contributed by atoms with Crippen molar-refractivity contribution in [1.82, 2.24) is 23.1 Å². The standard InChI is InChI=1S/C23H29N5O3/c1-16-17(2)28-19-20(24-22(28)26(16)14-9-15-31-4)25(3)23(30)27(21(19)29)13-8-12-18-10-6-5-7-11-18/h5-7,10-11H,8-9,12-15H2,1-4H3. The normalized spacial score (nSPS) is 11.7. The van der Waals surface area contributed by atoms with Gasteiger partial charge in [0.05, 0.1) is 0 Å². The van der Waals surface area contributed by atoms with Gasteiger partial charge in [0.15, 0.2) is 11.2 Å². The van der Waals surface area contributed by atoms with E-state index in [2.05, 4.69) is 16.7 Å². The molecule has 0 aliphatic heterocycles. The van der Waals surface area contributed by atoms with Gasteiger partial charge in [0.25, 0.3) is 5.56 Å². The smallest absolute Gasteiger partial charge is 0.332 e. The van der Waals surface area contributed by atoms with Crippen LogP contribution in [0.5, 0.6) is 0 Å². The fourth-order valence-electron chi connectivity index (χ4n) is 4.23. The minimum Gasteiger partial charge on any atom is -0.385 e. The topological polar surface area (TPSA) is 75.5 Å². The molecule has 0 fully saturated rings. The molecule has 1 aromatic carbocycles. The van der Waals surface area contributed by atoms with Gasteiger partial charge in [-0.2, -0.15) is 4.98 Å². The number of rotatable bonds is 8. The Hall–Kier alpha value is -3.13. The Kier molecular flexibility index (Phi) is 5.82. The highest BCUT2D eigenvalue weighted by atomic mass is 16.5. The maximum Gasteiger partial charge on any atom is 0.332 e. The Balaban J connectivity index is 1.79. The number of benzene rings is 1. The van der Waals surface area contributed by atoms with Crippen LogP contribution in [0.1, 0.15) is 29.8 Å². The van der Waals surface area contributed by atoms with Gasteiger partial charge >= 0.3 is 5.69 Å². The Morgan fingerprint density at radius 2 is 1.68 bits per heavy atom. The largest absolute Gasteiger partial charge is 0.385 e. The summed E-state index contributed by atoms with van der Waals surface area (Å²) in [6.45, 7) is 5.77. The molecule has 31 heavy (non-hydrogen) atoms. The first-order valence-electron chi connectivity index (χ1n) is 10.7. The SMILES string of the molecule is COCCCn1c(C)c(C)n2c3c(=O)n(CCCc4ccccc4)c(=O)n(C)c3nc12. The lowest BCUT2D eigenvalue weighted by atomic mass is 10.1. The van der Waals surface area contributed by atoms with Crippen molar-refractivity contribution in [2.24, 2.45) is 7.05 Å². The molecule has 0 bridgehead atoms. The van der Waals surface area contributed by atoms with E-state index in [0.29, 0.717) is 36.5 Å². The Morgan fingerprint density at radius 1 is 0.968 bits per heavy atom. The van der Waals surface area contributed by atoms with Crippen molar-refractivity contribution in [3.05, 3.63) is 68.1 Å². The van der Waals surface area contributed by atoms with Gasteiger partial charge < -0.3 is 9.30 Å². The number of hydrogen-bond donors (Lipinski definition) is 0. The van der Waals surface area contributed by atoms with Gasteiger partial charge in [-0.05, 0) is 38.7 Å². The van der Waals surface area contributed by atoms with E-state index in [1.54, 1.807) is 14.2 Å². The number of aromatic nitrogens is 5. The first kappa shape index (κ1) is 21.1. The molecule has 0 spiro atoms. The van der Waals surface area contributed by atoms with Gasteiger partial charge in [0, 0.05) is 45.2 Å². The minimum absolute atomic E-state index is 0.282. The second-order valence-corrected chi connectivity index (χ2v) is 7.98. The van der Waals surface area contributed by atoms with Gasteiger partial charge in [-0.1, -0.05) is 30.3 Å². The maximum atomic E-state index is 13.4. The van der Waals surface area contributed by atoms with Gasteiger partial charge in [0.1, 0.15) is 0 Å². The molecule has 3 aromatic heterocycles. The third-order valence-corrected chi connectivity index (χ3v) is 6.05. The molecule has 0 atom stereocenters. The van der Waals surface area contributed by atoms with Crippen molar-refractivity contribution >= 4 is 16.9 Å². The average Bonchev–Trinajstić information content (AvgIpc) is 3.27. The molecule has 0 aliphatic rings. The molecule has 164 valence electrons. The predicted octanol–water partition coefficient (Wildman–Crippen LogP) is 2.44. The molecular formula is C23H29N5O3. The van der Waals surface area contributed by atoms with Gasteiger partial charge in [0.2, 0.25) is 5.78 Å². The zero-order chi connectivity index (χ0) is 22.1. The van der Waals surface area contributed by atoms with Crippen molar-refractivity contribution in [2.75, 3.05) is 13.7 Å². The average molecular weight is 424 g/mol. The van der Waals surface area contributed by atoms with E-state index in [-0.39, 0.29) is 11.2 Å². The number of imidazole rings is 2. The molecular weight excluding hydrogens is 394 g/mol. The molecule has 0 unspecified atom stereocenters. The molecule has 0 saturated heterocycles. The maximum absolute atomic E-state index is 13.4. The zero-order valence-electron chi connectivity index (χ0n) is 18.6. The summed E-state index contributed by atoms with van der Waals surface area (Å²) in [6, 6.07) is 10.1. The third-order valence-electron chi connectivity index (χ3n) is 6.05. The highest BCUT2D eigenvalue weighted by Gasteiger charge is 2.22. The lowest BCUT2D eigenvalue weighted by Crippen LogP contribution is -2.39. The monoisotopic (exact) mass is 423 g/mol. The van der Waals surface area contributed by atoms with Gasteiger partial charge in [-0.15, -0.1) is 0 Å². The summed E-state index contributed by atoms with van der Waals surface area (Å²) in [4.78, 5) is 31.1. The van der Waals surface area contributed by atoms with Crippen LogP contribution in [-0.4, -0.2) is 36.8 Å². The molecule has 8 nitrogen and oxygen atoms in total. The molecule has 0 N–H and O–H groups in total. The molecule has 0 radical (unpaired) electrons. The summed E-state index contributed by atoms with van der Waals surface area (Å²) in [5, 5.41) is 0. The van der Waals surface area contributed by atoms with Gasteiger partial charge in [-0.25, -0.2) is 4.79 Å². The Labute approximate surface area is 180 Å². The molecule has 0 aliphatic carbocycles. The van der Waals surface area contributed by atoms with E-state index in [0.717, 1.165) is 30.8 Å². The summed E-state index contributed by atoms with van der Waals surface area (Å²) in [6.07, 6.45) is 2.36. The van der Waals surface area contributed by atoms with Crippen LogP contribution in [0, 0.1) is 13.8 Å². The van der Waals surface area contributed by atoms with Crippen LogP contribution in [0.4, 0.5) is 0 Å². The summed E-state index contributed by atoms with van der Waals surface area (Å²) >= 11 is 0. The van der Waals surface area contributed by atoms with E-state index in [1.165, 1.54) is 14.7 Å². The van der Waals surface area contributed by atoms with Crippen molar-refractivity contribution < 1.29 is 4.74 Å². The van der Waals surface area contributed by atoms with Crippen molar-refractivity contribution in [3.63, 3.8) is 0 Å². The van der Waals surface area contributed by atoms with Crippen LogP contribution in [0.15, 0.2) is 39.9 Å². The third kappa shape index (κ3) is 3.61. The number of methoxy groups -OCH3 is 1. The predicted molar refractivity (Wildman–Crippen MR) is 121 cm³/mol. The number of aryl methyl sites for hydroxylation is 4. The number of nitrogens with zero attached hydrogens (tertiary/aromatic N) is 5.